The van der Waals surface area contributed by atoms with Gasteiger partial charge in [-0.2, -0.15) is 0 Å². The molecule has 18 heavy (non-hydrogen) atoms. The summed E-state index contributed by atoms with van der Waals surface area (Å²) in [5.74, 6) is 0.449. The Labute approximate surface area is 118 Å². The van der Waals surface area contributed by atoms with E-state index in [1.807, 2.05) is 5.38 Å². The largest absolute Gasteiger partial charge is 0.395 e. The van der Waals surface area contributed by atoms with E-state index in [2.05, 4.69) is 16.8 Å². The van der Waals surface area contributed by atoms with Gasteiger partial charge < -0.3 is 9.84 Å². The zero-order valence-electron chi connectivity index (χ0n) is 10.9. The Kier molecular flexibility index (Phi) is 7.77. The highest BCUT2D eigenvalue weighted by Crippen LogP contribution is 2.27. The lowest BCUT2D eigenvalue weighted by Crippen LogP contribution is -2.34. The van der Waals surface area contributed by atoms with Crippen molar-refractivity contribution in [1.82, 2.24) is 9.88 Å². The van der Waals surface area contributed by atoms with Crippen molar-refractivity contribution in [3.8, 4) is 0 Å². The van der Waals surface area contributed by atoms with Crippen molar-refractivity contribution < 1.29 is 9.84 Å². The lowest BCUT2D eigenvalue weighted by Gasteiger charge is -2.28. The maximum absolute atomic E-state index is 9.16. The molecule has 1 unspecified atom stereocenters. The number of methoxy groups -OCH3 is 1. The second kappa shape index (κ2) is 8.82. The molecule has 0 saturated heterocycles. The summed E-state index contributed by atoms with van der Waals surface area (Å²) in [5, 5.41) is 12.2. The van der Waals surface area contributed by atoms with Gasteiger partial charge in [-0.3, -0.25) is 4.90 Å². The molecule has 6 heteroatoms. The molecule has 1 atom stereocenters. The van der Waals surface area contributed by atoms with Crippen molar-refractivity contribution in [2.24, 2.45) is 0 Å². The van der Waals surface area contributed by atoms with E-state index in [1.54, 1.807) is 18.4 Å². The Bertz CT molecular complexity index is 336. The standard InChI is InChI=1S/C12H21ClN2O2S/c1-3-11(12-14-10(8-13)9-18-12)15(4-6-16)5-7-17-2/h9,11,16H,3-8H2,1-2H3. The second-order valence-corrected chi connectivity index (χ2v) is 5.14. The lowest BCUT2D eigenvalue weighted by molar-refractivity contribution is 0.0989. The van der Waals surface area contributed by atoms with Crippen LogP contribution in [0.15, 0.2) is 5.38 Å². The quantitative estimate of drug-likeness (QED) is 0.709. The Balaban J connectivity index is 2.76. The first-order chi connectivity index (χ1) is 8.76. The predicted octanol–water partition coefficient (Wildman–Crippen LogP) is 2.27. The number of alkyl halides is 1. The van der Waals surface area contributed by atoms with Gasteiger partial charge in [0.1, 0.15) is 5.01 Å². The fraction of sp³-hybridized carbons (Fsp3) is 0.750. The number of aliphatic hydroxyl groups excluding tert-OH is 1. The van der Waals surface area contributed by atoms with Crippen LogP contribution in [0.5, 0.6) is 0 Å². The SMILES string of the molecule is CCC(c1nc(CCl)cs1)N(CCO)CCOC. The number of nitrogens with zero attached hydrogens (tertiary/aromatic N) is 2. The first-order valence-electron chi connectivity index (χ1n) is 6.10. The normalized spacial score (nSPS) is 13.2. The molecule has 1 rings (SSSR count). The number of aromatic nitrogens is 1. The van der Waals surface area contributed by atoms with E-state index in [1.165, 1.54) is 0 Å². The minimum Gasteiger partial charge on any atom is -0.395 e. The number of ether oxygens (including phenoxy) is 1. The van der Waals surface area contributed by atoms with Crippen LogP contribution in [-0.2, 0) is 10.6 Å². The van der Waals surface area contributed by atoms with Gasteiger partial charge in [0, 0.05) is 25.6 Å². The Morgan fingerprint density at radius 2 is 2.33 bits per heavy atom. The van der Waals surface area contributed by atoms with E-state index < -0.39 is 0 Å². The zero-order valence-corrected chi connectivity index (χ0v) is 12.5. The number of halogens is 1. The third-order valence-corrected chi connectivity index (χ3v) is 4.06. The number of aliphatic hydroxyl groups is 1. The van der Waals surface area contributed by atoms with Gasteiger partial charge in [-0.15, -0.1) is 22.9 Å². The summed E-state index contributed by atoms with van der Waals surface area (Å²) >= 11 is 7.42. The van der Waals surface area contributed by atoms with Crippen molar-refractivity contribution in [3.63, 3.8) is 0 Å². The summed E-state index contributed by atoms with van der Waals surface area (Å²) in [5.41, 5.74) is 0.922. The van der Waals surface area contributed by atoms with Crippen LogP contribution in [0.3, 0.4) is 0 Å². The second-order valence-electron chi connectivity index (χ2n) is 3.99. The van der Waals surface area contributed by atoms with Gasteiger partial charge in [-0.25, -0.2) is 4.98 Å². The van der Waals surface area contributed by atoms with Crippen LogP contribution >= 0.6 is 22.9 Å². The number of hydrogen-bond donors (Lipinski definition) is 1. The molecule has 104 valence electrons. The van der Waals surface area contributed by atoms with E-state index >= 15 is 0 Å². The highest BCUT2D eigenvalue weighted by molar-refractivity contribution is 7.09. The highest BCUT2D eigenvalue weighted by Gasteiger charge is 2.21. The maximum atomic E-state index is 9.16. The van der Waals surface area contributed by atoms with Gasteiger partial charge in [0.15, 0.2) is 0 Å². The van der Waals surface area contributed by atoms with Crippen LogP contribution in [0.1, 0.15) is 30.1 Å². The smallest absolute Gasteiger partial charge is 0.110 e. The fourth-order valence-electron chi connectivity index (χ4n) is 1.89. The third kappa shape index (κ3) is 4.48. The number of thiazole rings is 1. The van der Waals surface area contributed by atoms with Gasteiger partial charge in [-0.1, -0.05) is 6.92 Å². The summed E-state index contributed by atoms with van der Waals surface area (Å²) in [6, 6.07) is 0.231. The van der Waals surface area contributed by atoms with Crippen LogP contribution in [-0.4, -0.2) is 48.4 Å². The average molecular weight is 293 g/mol. The summed E-state index contributed by atoms with van der Waals surface area (Å²) in [6.45, 7) is 4.37. The molecule has 1 aromatic heterocycles. The van der Waals surface area contributed by atoms with Gasteiger partial charge >= 0.3 is 0 Å². The molecule has 1 aromatic rings. The van der Waals surface area contributed by atoms with Gasteiger partial charge in [0.2, 0.25) is 0 Å². The molecule has 4 nitrogen and oxygen atoms in total. The topological polar surface area (TPSA) is 45.6 Å². The van der Waals surface area contributed by atoms with Crippen molar-refractivity contribution in [2.75, 3.05) is 33.4 Å². The van der Waals surface area contributed by atoms with Crippen molar-refractivity contribution >= 4 is 22.9 Å². The molecule has 0 amide bonds. The summed E-state index contributed by atoms with van der Waals surface area (Å²) in [7, 11) is 1.69. The van der Waals surface area contributed by atoms with Crippen LogP contribution in [0, 0.1) is 0 Å². The predicted molar refractivity (Wildman–Crippen MR) is 75.2 cm³/mol. The molecule has 0 aliphatic heterocycles. The van der Waals surface area contributed by atoms with Gasteiger partial charge in [0.25, 0.3) is 0 Å². The molecule has 1 N–H and O–H groups in total. The van der Waals surface area contributed by atoms with E-state index in [-0.39, 0.29) is 12.6 Å². The molecule has 0 radical (unpaired) electrons. The lowest BCUT2D eigenvalue weighted by atomic mass is 10.2. The first kappa shape index (κ1) is 15.9. The minimum absolute atomic E-state index is 0.147. The Hall–Kier alpha value is -0.200. The molecule has 0 aliphatic rings. The van der Waals surface area contributed by atoms with E-state index in [9.17, 15) is 0 Å². The van der Waals surface area contributed by atoms with Crippen LogP contribution in [0.4, 0.5) is 0 Å². The van der Waals surface area contributed by atoms with Crippen molar-refractivity contribution in [1.29, 1.82) is 0 Å². The summed E-state index contributed by atoms with van der Waals surface area (Å²) in [4.78, 5) is 6.74. The number of rotatable bonds is 9. The molecule has 0 bridgehead atoms. The van der Waals surface area contributed by atoms with Crippen molar-refractivity contribution in [3.05, 3.63) is 16.1 Å². The zero-order chi connectivity index (χ0) is 13.4. The molecule has 0 fully saturated rings. The monoisotopic (exact) mass is 292 g/mol. The first-order valence-corrected chi connectivity index (χ1v) is 7.52. The maximum Gasteiger partial charge on any atom is 0.110 e. The molecule has 0 saturated carbocycles. The minimum atomic E-state index is 0.147. The van der Waals surface area contributed by atoms with Gasteiger partial charge in [0.05, 0.1) is 30.8 Å². The fourth-order valence-corrected chi connectivity index (χ4v) is 3.15. The highest BCUT2D eigenvalue weighted by atomic mass is 35.5. The van der Waals surface area contributed by atoms with Crippen LogP contribution < -0.4 is 0 Å². The number of hydrogen-bond acceptors (Lipinski definition) is 5. The Morgan fingerprint density at radius 3 is 2.83 bits per heavy atom. The van der Waals surface area contributed by atoms with Crippen molar-refractivity contribution in [2.45, 2.75) is 25.3 Å². The molecular weight excluding hydrogens is 272 g/mol. The average Bonchev–Trinajstić information content (AvgIpc) is 2.85. The Morgan fingerprint density at radius 1 is 1.56 bits per heavy atom. The van der Waals surface area contributed by atoms with E-state index in [4.69, 9.17) is 21.4 Å². The molecular formula is C12H21ClN2O2S. The third-order valence-electron chi connectivity index (χ3n) is 2.79. The van der Waals surface area contributed by atoms with Crippen LogP contribution in [0.2, 0.25) is 0 Å². The molecule has 0 aromatic carbocycles. The van der Waals surface area contributed by atoms with Crippen LogP contribution in [0.25, 0.3) is 0 Å². The molecule has 1 heterocycles. The molecule has 0 aliphatic carbocycles. The van der Waals surface area contributed by atoms with Gasteiger partial charge in [-0.05, 0) is 6.42 Å². The molecule has 0 spiro atoms. The summed E-state index contributed by atoms with van der Waals surface area (Å²) < 4.78 is 5.11. The van der Waals surface area contributed by atoms with E-state index in [0.29, 0.717) is 19.0 Å². The summed E-state index contributed by atoms with van der Waals surface area (Å²) in [6.07, 6.45) is 0.957. The van der Waals surface area contributed by atoms with E-state index in [0.717, 1.165) is 23.7 Å².